The van der Waals surface area contributed by atoms with Gasteiger partial charge in [-0.2, -0.15) is 0 Å². The van der Waals surface area contributed by atoms with Crippen molar-refractivity contribution in [2.75, 3.05) is 0 Å². The van der Waals surface area contributed by atoms with Crippen LogP contribution in [0.1, 0.15) is 37.3 Å². The number of aliphatic hydroxyl groups is 1. The Hall–Kier alpha value is -1.34. The van der Waals surface area contributed by atoms with Crippen molar-refractivity contribution in [3.63, 3.8) is 0 Å². The molecule has 2 atom stereocenters. The number of nitrogens with two attached hydrogens (primary N) is 1. The van der Waals surface area contributed by atoms with Gasteiger partial charge >= 0.3 is 6.36 Å². The van der Waals surface area contributed by atoms with Crippen LogP contribution >= 0.6 is 0 Å². The van der Waals surface area contributed by atoms with E-state index in [9.17, 15) is 22.7 Å². The van der Waals surface area contributed by atoms with Crippen LogP contribution in [0, 0.1) is 11.7 Å². The van der Waals surface area contributed by atoms with Gasteiger partial charge in [0.2, 0.25) is 0 Å². The van der Waals surface area contributed by atoms with Gasteiger partial charge in [-0.25, -0.2) is 4.39 Å². The smallest absolute Gasteiger partial charge is 0.403 e. The van der Waals surface area contributed by atoms with Crippen molar-refractivity contribution < 1.29 is 27.4 Å². The van der Waals surface area contributed by atoms with Gasteiger partial charge in [-0.05, 0) is 36.5 Å². The molecule has 0 aliphatic heterocycles. The van der Waals surface area contributed by atoms with Gasteiger partial charge in [-0.1, -0.05) is 18.9 Å². The van der Waals surface area contributed by atoms with E-state index in [4.69, 9.17) is 5.73 Å². The van der Waals surface area contributed by atoms with E-state index in [2.05, 4.69) is 4.74 Å². The van der Waals surface area contributed by atoms with Crippen LogP contribution in [0.3, 0.4) is 0 Å². The number of hydrogen-bond acceptors (Lipinski definition) is 3. The number of ether oxygens (including phenoxy) is 1. The molecule has 0 saturated heterocycles. The van der Waals surface area contributed by atoms with Crippen LogP contribution in [0.25, 0.3) is 0 Å². The minimum atomic E-state index is -4.95. The summed E-state index contributed by atoms with van der Waals surface area (Å²) in [5, 5.41) is 10.2. The second kappa shape index (κ2) is 6.19. The zero-order valence-electron chi connectivity index (χ0n) is 11.2. The molecule has 0 spiro atoms. The molecule has 7 heteroatoms. The Labute approximate surface area is 119 Å². The maximum atomic E-state index is 13.6. The Kier molecular flexibility index (Phi) is 4.73. The Morgan fingerprint density at radius 3 is 2.38 bits per heavy atom. The number of benzene rings is 1. The summed E-state index contributed by atoms with van der Waals surface area (Å²) in [6.07, 6.45) is -2.05. The zero-order chi connectivity index (χ0) is 15.6. The Morgan fingerprint density at radius 2 is 1.86 bits per heavy atom. The molecule has 2 rings (SSSR count). The molecule has 0 aromatic heterocycles. The predicted molar refractivity (Wildman–Crippen MR) is 68.0 cm³/mol. The molecule has 118 valence electrons. The van der Waals surface area contributed by atoms with Crippen molar-refractivity contribution in [1.82, 2.24) is 0 Å². The summed E-state index contributed by atoms with van der Waals surface area (Å²) >= 11 is 0. The summed E-state index contributed by atoms with van der Waals surface area (Å²) in [5.41, 5.74) is 6.14. The first kappa shape index (κ1) is 16.0. The number of halogens is 4. The fraction of sp³-hybridized carbons (Fsp3) is 0.571. The van der Waals surface area contributed by atoms with Crippen LogP contribution in [0.15, 0.2) is 18.2 Å². The third-order valence-corrected chi connectivity index (χ3v) is 3.82. The Bertz CT molecular complexity index is 486. The normalized spacial score (nSPS) is 19.5. The van der Waals surface area contributed by atoms with E-state index in [-0.39, 0.29) is 11.5 Å². The second-order valence-electron chi connectivity index (χ2n) is 5.30. The highest BCUT2D eigenvalue weighted by atomic mass is 19.4. The maximum Gasteiger partial charge on any atom is 0.573 e. The molecular weight excluding hydrogens is 290 g/mol. The van der Waals surface area contributed by atoms with Crippen molar-refractivity contribution in [3.05, 3.63) is 29.6 Å². The molecule has 0 bridgehead atoms. The SMILES string of the molecule is N[C@H](c1ccc(OC(F)(F)F)c(F)c1)[C@@H](O)C1CCCC1. The van der Waals surface area contributed by atoms with E-state index in [1.807, 2.05) is 0 Å². The summed E-state index contributed by atoms with van der Waals surface area (Å²) in [7, 11) is 0. The molecule has 3 N–H and O–H groups in total. The summed E-state index contributed by atoms with van der Waals surface area (Å²) < 4.78 is 53.3. The van der Waals surface area contributed by atoms with Crippen LogP contribution < -0.4 is 10.5 Å². The highest BCUT2D eigenvalue weighted by Crippen LogP contribution is 2.34. The highest BCUT2D eigenvalue weighted by molar-refractivity contribution is 5.31. The van der Waals surface area contributed by atoms with E-state index in [0.717, 1.165) is 37.8 Å². The molecule has 0 heterocycles. The maximum absolute atomic E-state index is 13.6. The zero-order valence-corrected chi connectivity index (χ0v) is 11.2. The average molecular weight is 307 g/mol. The van der Waals surface area contributed by atoms with Crippen molar-refractivity contribution in [3.8, 4) is 5.75 Å². The lowest BCUT2D eigenvalue weighted by Gasteiger charge is -2.24. The number of hydrogen-bond donors (Lipinski definition) is 2. The number of rotatable bonds is 4. The predicted octanol–water partition coefficient (Wildman–Crippen LogP) is 3.28. The largest absolute Gasteiger partial charge is 0.573 e. The van der Waals surface area contributed by atoms with Crippen LogP contribution in [-0.4, -0.2) is 17.6 Å². The highest BCUT2D eigenvalue weighted by Gasteiger charge is 2.33. The lowest BCUT2D eigenvalue weighted by atomic mass is 9.91. The van der Waals surface area contributed by atoms with Crippen molar-refractivity contribution in [2.24, 2.45) is 11.7 Å². The fourth-order valence-electron chi connectivity index (χ4n) is 2.72. The first-order valence-electron chi connectivity index (χ1n) is 6.77. The van der Waals surface area contributed by atoms with Crippen molar-refractivity contribution in [1.29, 1.82) is 0 Å². The molecule has 1 fully saturated rings. The third-order valence-electron chi connectivity index (χ3n) is 3.82. The molecule has 1 saturated carbocycles. The molecule has 1 aromatic rings. The molecule has 0 unspecified atom stereocenters. The average Bonchev–Trinajstić information content (AvgIpc) is 2.92. The van der Waals surface area contributed by atoms with Crippen molar-refractivity contribution in [2.45, 2.75) is 44.2 Å². The van der Waals surface area contributed by atoms with Gasteiger partial charge in [0, 0.05) is 0 Å². The molecule has 21 heavy (non-hydrogen) atoms. The molecule has 0 amide bonds. The Morgan fingerprint density at radius 1 is 1.24 bits per heavy atom. The summed E-state index contributed by atoms with van der Waals surface area (Å²) in [4.78, 5) is 0. The van der Waals surface area contributed by atoms with Gasteiger partial charge in [-0.3, -0.25) is 0 Å². The number of alkyl halides is 3. The van der Waals surface area contributed by atoms with Gasteiger partial charge in [0.25, 0.3) is 0 Å². The van der Waals surface area contributed by atoms with Crippen LogP contribution in [-0.2, 0) is 0 Å². The lowest BCUT2D eigenvalue weighted by Crippen LogP contribution is -2.32. The van der Waals surface area contributed by atoms with Crippen molar-refractivity contribution >= 4 is 0 Å². The lowest BCUT2D eigenvalue weighted by molar-refractivity contribution is -0.275. The first-order chi connectivity index (χ1) is 9.78. The third kappa shape index (κ3) is 4.07. The van der Waals surface area contributed by atoms with E-state index < -0.39 is 30.1 Å². The van der Waals surface area contributed by atoms with Crippen LogP contribution in [0.2, 0.25) is 0 Å². The minimum Gasteiger partial charge on any atom is -0.403 e. The Balaban J connectivity index is 2.11. The molecular formula is C14H17F4NO2. The van der Waals surface area contributed by atoms with Crippen LogP contribution in [0.4, 0.5) is 17.6 Å². The molecule has 0 radical (unpaired) electrons. The monoisotopic (exact) mass is 307 g/mol. The van der Waals surface area contributed by atoms with Gasteiger partial charge in [-0.15, -0.1) is 13.2 Å². The summed E-state index contributed by atoms with van der Waals surface area (Å²) in [5.74, 6) is -2.01. The van der Waals surface area contributed by atoms with E-state index in [1.165, 1.54) is 6.07 Å². The van der Waals surface area contributed by atoms with Gasteiger partial charge in [0.15, 0.2) is 11.6 Å². The van der Waals surface area contributed by atoms with E-state index in [0.29, 0.717) is 0 Å². The molecule has 1 aliphatic carbocycles. The molecule has 1 aromatic carbocycles. The van der Waals surface area contributed by atoms with E-state index >= 15 is 0 Å². The molecule has 1 aliphatic rings. The summed E-state index contributed by atoms with van der Waals surface area (Å²) in [6, 6.07) is 2.17. The van der Waals surface area contributed by atoms with Gasteiger partial charge in [0.1, 0.15) is 0 Å². The van der Waals surface area contributed by atoms with E-state index in [1.54, 1.807) is 0 Å². The topological polar surface area (TPSA) is 55.5 Å². The van der Waals surface area contributed by atoms with Crippen LogP contribution in [0.5, 0.6) is 5.75 Å². The quantitative estimate of drug-likeness (QED) is 0.839. The standard InChI is InChI=1S/C14H17F4NO2/c15-10-7-9(5-6-11(10)21-14(16,17)18)12(19)13(20)8-3-1-2-4-8/h5-8,12-13,20H,1-4,19H2/t12-,13+/m1/s1. The summed E-state index contributed by atoms with van der Waals surface area (Å²) in [6.45, 7) is 0. The fourth-order valence-corrected chi connectivity index (χ4v) is 2.72. The van der Waals surface area contributed by atoms with Gasteiger partial charge in [0.05, 0.1) is 12.1 Å². The first-order valence-corrected chi connectivity index (χ1v) is 6.77. The minimum absolute atomic E-state index is 0.0502. The van der Waals surface area contributed by atoms with Gasteiger partial charge < -0.3 is 15.6 Å². The molecule has 3 nitrogen and oxygen atoms in total. The second-order valence-corrected chi connectivity index (χ2v) is 5.30. The number of aliphatic hydroxyl groups excluding tert-OH is 1.